The summed E-state index contributed by atoms with van der Waals surface area (Å²) in [6, 6.07) is 4.41. The average Bonchev–Trinajstić information content (AvgIpc) is 2.42. The van der Waals surface area contributed by atoms with E-state index in [9.17, 15) is 24.5 Å². The van der Waals surface area contributed by atoms with Crippen molar-refractivity contribution in [2.24, 2.45) is 5.73 Å². The summed E-state index contributed by atoms with van der Waals surface area (Å²) in [7, 11) is 0. The third-order valence-corrected chi connectivity index (χ3v) is 2.12. The Morgan fingerprint density at radius 1 is 1.29 bits per heavy atom. The number of nitrogens with zero attached hydrogens (tertiary/aromatic N) is 1. The molecule has 110 valence electrons. The molecule has 0 spiro atoms. The molecule has 0 aromatic heterocycles. The third-order valence-electron chi connectivity index (χ3n) is 2.12. The van der Waals surface area contributed by atoms with Gasteiger partial charge in [0.1, 0.15) is 0 Å². The highest BCUT2D eigenvalue weighted by atomic mass is 16.6. The number of urea groups is 1. The minimum absolute atomic E-state index is 0.0714. The lowest BCUT2D eigenvalue weighted by molar-refractivity contribution is -0.384. The molecule has 0 unspecified atom stereocenters. The van der Waals surface area contributed by atoms with E-state index >= 15 is 0 Å². The van der Waals surface area contributed by atoms with Gasteiger partial charge in [-0.25, -0.2) is 9.59 Å². The number of amides is 3. The van der Waals surface area contributed by atoms with E-state index in [4.69, 9.17) is 5.73 Å². The summed E-state index contributed by atoms with van der Waals surface area (Å²) in [6.45, 7) is -0.646. The maximum atomic E-state index is 11.3. The summed E-state index contributed by atoms with van der Waals surface area (Å²) in [4.78, 5) is 42.5. The summed E-state index contributed by atoms with van der Waals surface area (Å²) in [5.41, 5.74) is 5.16. The predicted molar refractivity (Wildman–Crippen MR) is 70.8 cm³/mol. The molecule has 21 heavy (non-hydrogen) atoms. The van der Waals surface area contributed by atoms with Crippen LogP contribution in [0.3, 0.4) is 0 Å². The summed E-state index contributed by atoms with van der Waals surface area (Å²) in [6.07, 6.45) is 2.40. The van der Waals surface area contributed by atoms with E-state index in [0.717, 1.165) is 6.08 Å². The standard InChI is InChI=1S/C12H11N3O6/c13-12(18)14-10(16)7-21-11(17)6-3-8-1-4-9(5-2-8)15(19)20/h1-6H,7H2,(H3,13,14,16,18). The lowest BCUT2D eigenvalue weighted by Gasteiger charge is -2.01. The zero-order valence-electron chi connectivity index (χ0n) is 10.6. The van der Waals surface area contributed by atoms with Crippen molar-refractivity contribution in [1.82, 2.24) is 5.32 Å². The first-order valence-electron chi connectivity index (χ1n) is 5.57. The molecule has 0 saturated heterocycles. The van der Waals surface area contributed by atoms with Crippen molar-refractivity contribution in [3.05, 3.63) is 46.0 Å². The van der Waals surface area contributed by atoms with Crippen LogP contribution in [-0.2, 0) is 14.3 Å². The Morgan fingerprint density at radius 3 is 2.43 bits per heavy atom. The van der Waals surface area contributed by atoms with Crippen LogP contribution in [-0.4, -0.2) is 29.4 Å². The Hall–Kier alpha value is -3.23. The zero-order chi connectivity index (χ0) is 15.8. The van der Waals surface area contributed by atoms with E-state index in [0.29, 0.717) is 5.56 Å². The van der Waals surface area contributed by atoms with Crippen molar-refractivity contribution in [2.45, 2.75) is 0 Å². The molecule has 0 atom stereocenters. The van der Waals surface area contributed by atoms with Crippen LogP contribution in [0.4, 0.5) is 10.5 Å². The van der Waals surface area contributed by atoms with Gasteiger partial charge in [0.05, 0.1) is 4.92 Å². The number of nitro groups is 1. The van der Waals surface area contributed by atoms with Gasteiger partial charge in [-0.1, -0.05) is 0 Å². The van der Waals surface area contributed by atoms with Gasteiger partial charge in [-0.2, -0.15) is 0 Å². The highest BCUT2D eigenvalue weighted by Gasteiger charge is 2.07. The van der Waals surface area contributed by atoms with Crippen molar-refractivity contribution < 1.29 is 24.0 Å². The van der Waals surface area contributed by atoms with E-state index in [1.54, 1.807) is 5.32 Å². The number of carbonyl (C=O) groups excluding carboxylic acids is 3. The van der Waals surface area contributed by atoms with Crippen molar-refractivity contribution in [3.8, 4) is 0 Å². The van der Waals surface area contributed by atoms with Gasteiger partial charge >= 0.3 is 12.0 Å². The van der Waals surface area contributed by atoms with Gasteiger partial charge in [0.2, 0.25) is 0 Å². The summed E-state index contributed by atoms with van der Waals surface area (Å²) in [5, 5.41) is 12.2. The maximum Gasteiger partial charge on any atom is 0.331 e. The first-order chi connectivity index (χ1) is 9.88. The molecule has 0 aliphatic heterocycles. The van der Waals surface area contributed by atoms with Gasteiger partial charge in [0.15, 0.2) is 6.61 Å². The van der Waals surface area contributed by atoms with Crippen LogP contribution in [0.25, 0.3) is 6.08 Å². The minimum atomic E-state index is -1.04. The van der Waals surface area contributed by atoms with E-state index in [1.807, 2.05) is 0 Å². The van der Waals surface area contributed by atoms with Crippen LogP contribution >= 0.6 is 0 Å². The fourth-order valence-electron chi connectivity index (χ4n) is 1.23. The van der Waals surface area contributed by atoms with Gasteiger partial charge in [-0.3, -0.25) is 20.2 Å². The SMILES string of the molecule is NC(=O)NC(=O)COC(=O)C=Cc1ccc([N+](=O)[O-])cc1. The first kappa shape index (κ1) is 15.8. The molecular formula is C12H11N3O6. The molecule has 3 N–H and O–H groups in total. The maximum absolute atomic E-state index is 11.3. The molecule has 0 aliphatic rings. The number of esters is 1. The number of carbonyl (C=O) groups is 3. The lowest BCUT2D eigenvalue weighted by Crippen LogP contribution is -2.37. The molecule has 9 nitrogen and oxygen atoms in total. The molecule has 1 aromatic carbocycles. The average molecular weight is 293 g/mol. The van der Waals surface area contributed by atoms with Crippen LogP contribution in [0.15, 0.2) is 30.3 Å². The molecule has 3 amide bonds. The predicted octanol–water partition coefficient (Wildman–Crippen LogP) is 0.346. The summed E-state index contributed by atoms with van der Waals surface area (Å²) in [5.74, 6) is -1.66. The van der Waals surface area contributed by atoms with Crippen LogP contribution in [0, 0.1) is 10.1 Å². The second-order valence-corrected chi connectivity index (χ2v) is 3.70. The number of rotatable bonds is 5. The molecule has 1 rings (SSSR count). The monoisotopic (exact) mass is 293 g/mol. The number of nitro benzene ring substituents is 1. The number of hydrogen-bond donors (Lipinski definition) is 2. The van der Waals surface area contributed by atoms with Crippen molar-refractivity contribution in [1.29, 1.82) is 0 Å². The van der Waals surface area contributed by atoms with Crippen LogP contribution in [0.2, 0.25) is 0 Å². The molecule has 1 aromatic rings. The number of benzene rings is 1. The van der Waals surface area contributed by atoms with Gasteiger partial charge in [0, 0.05) is 18.2 Å². The van der Waals surface area contributed by atoms with Gasteiger partial charge in [-0.05, 0) is 23.8 Å². The van der Waals surface area contributed by atoms with Gasteiger partial charge in [0.25, 0.3) is 11.6 Å². The summed E-state index contributed by atoms with van der Waals surface area (Å²) >= 11 is 0. The van der Waals surface area contributed by atoms with Crippen LogP contribution < -0.4 is 11.1 Å². The normalized spacial score (nSPS) is 10.1. The third kappa shape index (κ3) is 5.96. The Morgan fingerprint density at radius 2 is 1.90 bits per heavy atom. The van der Waals surface area contributed by atoms with Crippen molar-refractivity contribution >= 4 is 29.7 Å². The fraction of sp³-hybridized carbons (Fsp3) is 0.0833. The number of ether oxygens (including phenoxy) is 1. The summed E-state index contributed by atoms with van der Waals surface area (Å²) < 4.78 is 4.53. The number of hydrogen-bond acceptors (Lipinski definition) is 6. The molecule has 0 heterocycles. The number of nitrogens with two attached hydrogens (primary N) is 1. The van der Waals surface area contributed by atoms with E-state index in [1.165, 1.54) is 30.3 Å². The molecule has 9 heteroatoms. The number of imide groups is 1. The molecule has 0 aliphatic carbocycles. The zero-order valence-corrected chi connectivity index (χ0v) is 10.6. The second kappa shape index (κ2) is 7.38. The Bertz CT molecular complexity index is 594. The highest BCUT2D eigenvalue weighted by Crippen LogP contribution is 2.12. The van der Waals surface area contributed by atoms with E-state index in [2.05, 4.69) is 4.74 Å². The Labute approximate surface area is 118 Å². The fourth-order valence-corrected chi connectivity index (χ4v) is 1.23. The first-order valence-corrected chi connectivity index (χ1v) is 5.57. The minimum Gasteiger partial charge on any atom is -0.452 e. The van der Waals surface area contributed by atoms with Gasteiger partial charge in [-0.15, -0.1) is 0 Å². The Kier molecular flexibility index (Phi) is 5.56. The molecule has 0 saturated carbocycles. The molecule has 0 radical (unpaired) electrons. The number of primary amides is 1. The number of non-ortho nitro benzene ring substituents is 1. The van der Waals surface area contributed by atoms with Gasteiger partial charge < -0.3 is 10.5 Å². The smallest absolute Gasteiger partial charge is 0.331 e. The topological polar surface area (TPSA) is 142 Å². The second-order valence-electron chi connectivity index (χ2n) is 3.70. The highest BCUT2D eigenvalue weighted by molar-refractivity contribution is 5.95. The number of nitrogens with one attached hydrogen (secondary N) is 1. The molecular weight excluding hydrogens is 282 g/mol. The quantitative estimate of drug-likeness (QED) is 0.347. The molecule has 0 bridgehead atoms. The largest absolute Gasteiger partial charge is 0.452 e. The van der Waals surface area contributed by atoms with Crippen molar-refractivity contribution in [2.75, 3.05) is 6.61 Å². The molecule has 0 fully saturated rings. The Balaban J connectivity index is 2.48. The van der Waals surface area contributed by atoms with E-state index < -0.39 is 29.4 Å². The van der Waals surface area contributed by atoms with Crippen LogP contribution in [0.5, 0.6) is 0 Å². The van der Waals surface area contributed by atoms with Crippen LogP contribution in [0.1, 0.15) is 5.56 Å². The van der Waals surface area contributed by atoms with Crippen molar-refractivity contribution in [3.63, 3.8) is 0 Å². The lowest BCUT2D eigenvalue weighted by atomic mass is 10.2. The van der Waals surface area contributed by atoms with E-state index in [-0.39, 0.29) is 5.69 Å².